The van der Waals surface area contributed by atoms with Crippen molar-refractivity contribution in [3.63, 3.8) is 0 Å². The summed E-state index contributed by atoms with van der Waals surface area (Å²) in [6, 6.07) is 8.45. The van der Waals surface area contributed by atoms with Crippen molar-refractivity contribution in [1.82, 2.24) is 9.97 Å². The van der Waals surface area contributed by atoms with E-state index in [1.165, 1.54) is 0 Å². The second-order valence-electron chi connectivity index (χ2n) is 7.37. The van der Waals surface area contributed by atoms with Crippen LogP contribution in [0.25, 0.3) is 0 Å². The molecule has 2 N–H and O–H groups in total. The molecule has 2 rings (SSSR count). The minimum absolute atomic E-state index is 0.00425. The minimum atomic E-state index is -4.54. The lowest BCUT2D eigenvalue weighted by molar-refractivity contribution is -0.141. The number of anilines is 3. The van der Waals surface area contributed by atoms with Crippen molar-refractivity contribution in [1.29, 1.82) is 0 Å². The molecular formula is C19H25F3N4. The number of aromatic nitrogens is 2. The SMILES string of the molecule is CC[C@H](C)Nc1nc(Nc2ccc(C(C)(C)C)cc2)cc(C(F)(F)F)n1. The highest BCUT2D eigenvalue weighted by Gasteiger charge is 2.34. The van der Waals surface area contributed by atoms with Crippen LogP contribution >= 0.6 is 0 Å². The maximum atomic E-state index is 13.1. The zero-order chi connectivity index (χ0) is 19.5. The Hall–Kier alpha value is -2.31. The van der Waals surface area contributed by atoms with Gasteiger partial charge in [-0.15, -0.1) is 0 Å². The Kier molecular flexibility index (Phi) is 5.78. The van der Waals surface area contributed by atoms with Gasteiger partial charge in [0.05, 0.1) is 0 Å². The fourth-order valence-corrected chi connectivity index (χ4v) is 2.24. The molecule has 0 aliphatic carbocycles. The summed E-state index contributed by atoms with van der Waals surface area (Å²) < 4.78 is 39.4. The molecule has 142 valence electrons. The van der Waals surface area contributed by atoms with Crippen LogP contribution in [0.15, 0.2) is 30.3 Å². The van der Waals surface area contributed by atoms with E-state index in [2.05, 4.69) is 41.4 Å². The Labute approximate surface area is 152 Å². The van der Waals surface area contributed by atoms with Gasteiger partial charge >= 0.3 is 6.18 Å². The van der Waals surface area contributed by atoms with Gasteiger partial charge in [0.2, 0.25) is 5.95 Å². The number of alkyl halides is 3. The number of rotatable bonds is 5. The number of halogens is 3. The number of benzene rings is 1. The van der Waals surface area contributed by atoms with Gasteiger partial charge in [-0.25, -0.2) is 4.98 Å². The minimum Gasteiger partial charge on any atom is -0.352 e. The molecule has 0 aliphatic rings. The third kappa shape index (κ3) is 5.34. The average molecular weight is 366 g/mol. The van der Waals surface area contributed by atoms with Crippen LogP contribution in [0.5, 0.6) is 0 Å². The van der Waals surface area contributed by atoms with Gasteiger partial charge < -0.3 is 10.6 Å². The van der Waals surface area contributed by atoms with Gasteiger partial charge in [-0.2, -0.15) is 18.2 Å². The molecule has 0 spiro atoms. The maximum absolute atomic E-state index is 13.1. The molecule has 4 nitrogen and oxygen atoms in total. The van der Waals surface area contributed by atoms with E-state index < -0.39 is 11.9 Å². The summed E-state index contributed by atoms with van der Waals surface area (Å²) in [5, 5.41) is 5.83. The third-order valence-electron chi connectivity index (χ3n) is 4.03. The molecule has 7 heteroatoms. The van der Waals surface area contributed by atoms with E-state index in [0.717, 1.165) is 18.1 Å². The van der Waals surface area contributed by atoms with Gasteiger partial charge in [-0.05, 0) is 36.5 Å². The molecule has 0 aliphatic heterocycles. The van der Waals surface area contributed by atoms with Gasteiger partial charge in [-0.3, -0.25) is 0 Å². The summed E-state index contributed by atoms with van der Waals surface area (Å²) in [6.45, 7) is 10.1. The molecule has 26 heavy (non-hydrogen) atoms. The van der Waals surface area contributed by atoms with Crippen molar-refractivity contribution in [2.75, 3.05) is 10.6 Å². The Balaban J connectivity index is 2.31. The Morgan fingerprint density at radius 2 is 1.65 bits per heavy atom. The summed E-state index contributed by atoms with van der Waals surface area (Å²) in [4.78, 5) is 7.76. The first-order valence-electron chi connectivity index (χ1n) is 8.59. The van der Waals surface area contributed by atoms with E-state index in [1.807, 2.05) is 38.1 Å². The molecule has 0 radical (unpaired) electrons. The predicted octanol–water partition coefficient (Wildman–Crippen LogP) is 5.75. The summed E-state index contributed by atoms with van der Waals surface area (Å²) in [5.41, 5.74) is 0.830. The third-order valence-corrected chi connectivity index (χ3v) is 4.03. The van der Waals surface area contributed by atoms with E-state index in [9.17, 15) is 13.2 Å². The summed E-state index contributed by atoms with van der Waals surface area (Å²) in [7, 11) is 0. The van der Waals surface area contributed by atoms with Gasteiger partial charge in [-0.1, -0.05) is 39.8 Å². The Bertz CT molecular complexity index is 734. The van der Waals surface area contributed by atoms with E-state index in [1.54, 1.807) is 0 Å². The van der Waals surface area contributed by atoms with E-state index >= 15 is 0 Å². The molecule has 1 aromatic carbocycles. The smallest absolute Gasteiger partial charge is 0.352 e. The van der Waals surface area contributed by atoms with Crippen molar-refractivity contribution in [2.45, 2.75) is 58.7 Å². The molecule has 0 unspecified atom stereocenters. The van der Waals surface area contributed by atoms with Gasteiger partial charge in [0.15, 0.2) is 5.69 Å². The second-order valence-corrected chi connectivity index (χ2v) is 7.37. The molecule has 2 aromatic rings. The van der Waals surface area contributed by atoms with Crippen LogP contribution in [0.1, 0.15) is 52.3 Å². The highest BCUT2D eigenvalue weighted by molar-refractivity contribution is 5.58. The summed E-state index contributed by atoms with van der Waals surface area (Å²) in [5.74, 6) is 0.0598. The van der Waals surface area contributed by atoms with Crippen LogP contribution < -0.4 is 10.6 Å². The van der Waals surface area contributed by atoms with Crippen LogP contribution in [-0.2, 0) is 11.6 Å². The fourth-order valence-electron chi connectivity index (χ4n) is 2.24. The van der Waals surface area contributed by atoms with E-state index in [0.29, 0.717) is 5.69 Å². The van der Waals surface area contributed by atoms with E-state index in [4.69, 9.17) is 0 Å². The lowest BCUT2D eigenvalue weighted by atomic mass is 9.87. The Morgan fingerprint density at radius 1 is 1.04 bits per heavy atom. The molecule has 0 saturated carbocycles. The van der Waals surface area contributed by atoms with Crippen LogP contribution in [-0.4, -0.2) is 16.0 Å². The standard InChI is InChI=1S/C19H25F3N4/c1-6-12(2)23-17-25-15(19(20,21)22)11-16(26-17)24-14-9-7-13(8-10-14)18(3,4)5/h7-12H,6H2,1-5H3,(H2,23,24,25,26)/t12-/m0/s1. The fraction of sp³-hybridized carbons (Fsp3) is 0.474. The highest BCUT2D eigenvalue weighted by Crippen LogP contribution is 2.31. The van der Waals surface area contributed by atoms with Gasteiger partial charge in [0.25, 0.3) is 0 Å². The highest BCUT2D eigenvalue weighted by atomic mass is 19.4. The maximum Gasteiger partial charge on any atom is 0.433 e. The molecule has 0 saturated heterocycles. The lowest BCUT2D eigenvalue weighted by Gasteiger charge is -2.19. The first kappa shape index (κ1) is 20.0. The molecule has 0 fully saturated rings. The topological polar surface area (TPSA) is 49.8 Å². The molecular weight excluding hydrogens is 341 g/mol. The van der Waals surface area contributed by atoms with Crippen LogP contribution in [0.2, 0.25) is 0 Å². The number of nitrogens with zero attached hydrogens (tertiary/aromatic N) is 2. The van der Waals surface area contributed by atoms with Crippen molar-refractivity contribution in [2.24, 2.45) is 0 Å². The van der Waals surface area contributed by atoms with E-state index in [-0.39, 0.29) is 23.2 Å². The monoisotopic (exact) mass is 366 g/mol. The van der Waals surface area contributed by atoms with Crippen molar-refractivity contribution >= 4 is 17.5 Å². The molecule has 0 bridgehead atoms. The molecule has 1 atom stereocenters. The normalized spacial score (nSPS) is 13.4. The number of hydrogen-bond acceptors (Lipinski definition) is 4. The first-order chi connectivity index (χ1) is 12.0. The van der Waals surface area contributed by atoms with Crippen LogP contribution in [0.4, 0.5) is 30.6 Å². The summed E-state index contributed by atoms with van der Waals surface area (Å²) in [6.07, 6.45) is -3.79. The summed E-state index contributed by atoms with van der Waals surface area (Å²) >= 11 is 0. The Morgan fingerprint density at radius 3 is 2.15 bits per heavy atom. The zero-order valence-electron chi connectivity index (χ0n) is 15.7. The lowest BCUT2D eigenvalue weighted by Crippen LogP contribution is -2.18. The first-order valence-corrected chi connectivity index (χ1v) is 8.59. The number of nitrogens with one attached hydrogen (secondary N) is 2. The van der Waals surface area contributed by atoms with Crippen molar-refractivity contribution < 1.29 is 13.2 Å². The molecule has 1 heterocycles. The number of hydrogen-bond donors (Lipinski definition) is 2. The van der Waals surface area contributed by atoms with Crippen LogP contribution in [0, 0.1) is 0 Å². The van der Waals surface area contributed by atoms with Crippen molar-refractivity contribution in [3.8, 4) is 0 Å². The molecule has 1 aromatic heterocycles. The second kappa shape index (κ2) is 7.51. The average Bonchev–Trinajstić information content (AvgIpc) is 2.53. The zero-order valence-corrected chi connectivity index (χ0v) is 15.7. The van der Waals surface area contributed by atoms with Gasteiger partial charge in [0, 0.05) is 17.8 Å². The predicted molar refractivity (Wildman–Crippen MR) is 98.8 cm³/mol. The largest absolute Gasteiger partial charge is 0.433 e. The quantitative estimate of drug-likeness (QED) is 0.708. The van der Waals surface area contributed by atoms with Crippen LogP contribution in [0.3, 0.4) is 0 Å². The van der Waals surface area contributed by atoms with Crippen molar-refractivity contribution in [3.05, 3.63) is 41.6 Å². The molecule has 0 amide bonds. The van der Waals surface area contributed by atoms with Gasteiger partial charge in [0.1, 0.15) is 5.82 Å².